The first-order chi connectivity index (χ1) is 12.0. The average Bonchev–Trinajstić information content (AvgIpc) is 2.57. The molecule has 0 heterocycles. The average molecular weight is 349 g/mol. The molecule has 1 unspecified atom stereocenters. The molecule has 138 valence electrons. The van der Waals surface area contributed by atoms with E-state index in [0.29, 0.717) is 6.54 Å². The number of amides is 2. The number of rotatable bonds is 8. The van der Waals surface area contributed by atoms with E-state index in [1.807, 2.05) is 42.2 Å². The third-order valence-electron chi connectivity index (χ3n) is 4.85. The summed E-state index contributed by atoms with van der Waals surface area (Å²) in [7, 11) is 1.67. The van der Waals surface area contributed by atoms with Crippen molar-refractivity contribution < 1.29 is 19.8 Å². The van der Waals surface area contributed by atoms with Crippen molar-refractivity contribution in [3.63, 3.8) is 0 Å². The standard InChI is InChI=1S/C18H27N3O4/c1-3-21(11-17(23)24)15-9-14(10-15)19-18(25)20(2)16(12-22)13-7-5-4-6-8-13/h4-8,14-16,22H,3,9-12H2,1-2H3,(H,19,25)(H,23,24). The molecule has 0 aliphatic heterocycles. The Hall–Kier alpha value is -2.12. The number of aliphatic hydroxyl groups is 1. The molecule has 25 heavy (non-hydrogen) atoms. The Morgan fingerprint density at radius 1 is 1.28 bits per heavy atom. The normalized spacial score (nSPS) is 20.6. The van der Waals surface area contributed by atoms with Crippen LogP contribution < -0.4 is 5.32 Å². The highest BCUT2D eigenvalue weighted by molar-refractivity contribution is 5.75. The van der Waals surface area contributed by atoms with Crippen LogP contribution in [-0.4, -0.2) is 70.8 Å². The van der Waals surface area contributed by atoms with E-state index in [0.717, 1.165) is 18.4 Å². The van der Waals surface area contributed by atoms with Crippen molar-refractivity contribution in [3.05, 3.63) is 35.9 Å². The van der Waals surface area contributed by atoms with E-state index in [1.54, 1.807) is 7.05 Å². The van der Waals surface area contributed by atoms with Crippen LogP contribution in [0.5, 0.6) is 0 Å². The number of carbonyl (C=O) groups excluding carboxylic acids is 1. The number of aliphatic hydroxyl groups excluding tert-OH is 1. The minimum atomic E-state index is -0.831. The molecule has 0 radical (unpaired) electrons. The Morgan fingerprint density at radius 3 is 2.44 bits per heavy atom. The van der Waals surface area contributed by atoms with Crippen molar-refractivity contribution >= 4 is 12.0 Å². The maximum Gasteiger partial charge on any atom is 0.317 e. The molecule has 2 amide bonds. The molecule has 7 heteroatoms. The second-order valence-electron chi connectivity index (χ2n) is 6.45. The monoisotopic (exact) mass is 349 g/mol. The smallest absolute Gasteiger partial charge is 0.317 e. The number of carbonyl (C=O) groups is 2. The Bertz CT molecular complexity index is 575. The number of nitrogens with zero attached hydrogens (tertiary/aromatic N) is 2. The first-order valence-corrected chi connectivity index (χ1v) is 8.61. The second kappa shape index (κ2) is 8.82. The predicted molar refractivity (Wildman–Crippen MR) is 94.3 cm³/mol. The molecule has 1 atom stereocenters. The van der Waals surface area contributed by atoms with Gasteiger partial charge in [0.2, 0.25) is 0 Å². The highest BCUT2D eigenvalue weighted by Gasteiger charge is 2.35. The number of nitrogens with one attached hydrogen (secondary N) is 1. The molecular formula is C18H27N3O4. The zero-order chi connectivity index (χ0) is 18.4. The summed E-state index contributed by atoms with van der Waals surface area (Å²) >= 11 is 0. The Kier molecular flexibility index (Phi) is 6.78. The maximum atomic E-state index is 12.4. The van der Waals surface area contributed by atoms with Crippen LogP contribution in [0.25, 0.3) is 0 Å². The minimum absolute atomic E-state index is 0.0301. The van der Waals surface area contributed by atoms with Gasteiger partial charge in [-0.3, -0.25) is 9.69 Å². The van der Waals surface area contributed by atoms with Gasteiger partial charge in [0.05, 0.1) is 19.2 Å². The minimum Gasteiger partial charge on any atom is -0.480 e. The first-order valence-electron chi connectivity index (χ1n) is 8.61. The van der Waals surface area contributed by atoms with Crippen molar-refractivity contribution in [1.82, 2.24) is 15.1 Å². The molecule has 0 saturated heterocycles. The molecule has 0 aromatic heterocycles. The van der Waals surface area contributed by atoms with Crippen LogP contribution in [-0.2, 0) is 4.79 Å². The van der Waals surface area contributed by atoms with Crippen LogP contribution in [0, 0.1) is 0 Å². The van der Waals surface area contributed by atoms with E-state index in [9.17, 15) is 14.7 Å². The molecular weight excluding hydrogens is 322 g/mol. The summed E-state index contributed by atoms with van der Waals surface area (Å²) in [5.74, 6) is -0.831. The molecule has 1 saturated carbocycles. The maximum absolute atomic E-state index is 12.4. The summed E-state index contributed by atoms with van der Waals surface area (Å²) < 4.78 is 0. The number of carboxylic acid groups (broad SMARTS) is 1. The van der Waals surface area contributed by atoms with E-state index < -0.39 is 12.0 Å². The zero-order valence-corrected chi connectivity index (χ0v) is 14.8. The SMILES string of the molecule is CCN(CC(=O)O)C1CC(NC(=O)N(C)C(CO)c2ccccc2)C1. The largest absolute Gasteiger partial charge is 0.480 e. The van der Waals surface area contributed by atoms with Crippen LogP contribution in [0.2, 0.25) is 0 Å². The summed E-state index contributed by atoms with van der Waals surface area (Å²) in [6, 6.07) is 9.03. The van der Waals surface area contributed by atoms with E-state index in [-0.39, 0.29) is 31.3 Å². The van der Waals surface area contributed by atoms with Gasteiger partial charge in [-0.2, -0.15) is 0 Å². The van der Waals surface area contributed by atoms with Crippen molar-refractivity contribution in [1.29, 1.82) is 0 Å². The van der Waals surface area contributed by atoms with Crippen LogP contribution in [0.1, 0.15) is 31.4 Å². The van der Waals surface area contributed by atoms with Gasteiger partial charge in [-0.15, -0.1) is 0 Å². The van der Waals surface area contributed by atoms with E-state index >= 15 is 0 Å². The van der Waals surface area contributed by atoms with Crippen LogP contribution in [0.4, 0.5) is 4.79 Å². The van der Waals surface area contributed by atoms with Crippen molar-refractivity contribution in [2.75, 3.05) is 26.7 Å². The van der Waals surface area contributed by atoms with Crippen LogP contribution in [0.3, 0.4) is 0 Å². The number of benzene rings is 1. The van der Waals surface area contributed by atoms with Gasteiger partial charge >= 0.3 is 12.0 Å². The van der Waals surface area contributed by atoms with Crippen molar-refractivity contribution in [2.24, 2.45) is 0 Å². The van der Waals surface area contributed by atoms with Gasteiger partial charge < -0.3 is 20.4 Å². The molecule has 3 N–H and O–H groups in total. The fourth-order valence-electron chi connectivity index (χ4n) is 3.22. The number of aliphatic carboxylic acids is 1. The molecule has 2 rings (SSSR count). The van der Waals surface area contributed by atoms with Crippen molar-refractivity contribution in [3.8, 4) is 0 Å². The Labute approximate surface area is 148 Å². The number of urea groups is 1. The topological polar surface area (TPSA) is 93.1 Å². The lowest BCUT2D eigenvalue weighted by Crippen LogP contribution is -2.56. The summed E-state index contributed by atoms with van der Waals surface area (Å²) in [6.45, 7) is 2.50. The third kappa shape index (κ3) is 4.93. The Morgan fingerprint density at radius 2 is 1.92 bits per heavy atom. The van der Waals surface area contributed by atoms with E-state index in [4.69, 9.17) is 5.11 Å². The molecule has 0 spiro atoms. The van der Waals surface area contributed by atoms with Gasteiger partial charge in [0, 0.05) is 19.1 Å². The summed E-state index contributed by atoms with van der Waals surface area (Å²) in [4.78, 5) is 26.7. The van der Waals surface area contributed by atoms with Gasteiger partial charge in [-0.1, -0.05) is 37.3 Å². The summed E-state index contributed by atoms with van der Waals surface area (Å²) in [6.07, 6.45) is 1.49. The van der Waals surface area contributed by atoms with Crippen LogP contribution >= 0.6 is 0 Å². The quantitative estimate of drug-likeness (QED) is 0.658. The molecule has 0 bridgehead atoms. The first kappa shape index (κ1) is 19.2. The molecule has 1 aromatic rings. The fourth-order valence-corrected chi connectivity index (χ4v) is 3.22. The lowest BCUT2D eigenvalue weighted by Gasteiger charge is -2.43. The van der Waals surface area contributed by atoms with Gasteiger partial charge in [0.15, 0.2) is 0 Å². The number of likely N-dealkylation sites (N-methyl/N-ethyl adjacent to an activating group) is 2. The zero-order valence-electron chi connectivity index (χ0n) is 14.8. The molecule has 1 fully saturated rings. The van der Waals surface area contributed by atoms with Gasteiger partial charge in [0.25, 0.3) is 0 Å². The van der Waals surface area contributed by atoms with Gasteiger partial charge in [-0.25, -0.2) is 4.79 Å². The van der Waals surface area contributed by atoms with E-state index in [1.165, 1.54) is 4.90 Å². The van der Waals surface area contributed by atoms with Gasteiger partial charge in [0.1, 0.15) is 0 Å². The highest BCUT2D eigenvalue weighted by Crippen LogP contribution is 2.26. The number of hydrogen-bond donors (Lipinski definition) is 3. The molecule has 1 aromatic carbocycles. The molecule has 7 nitrogen and oxygen atoms in total. The lowest BCUT2D eigenvalue weighted by molar-refractivity contribution is -0.139. The van der Waals surface area contributed by atoms with E-state index in [2.05, 4.69) is 5.32 Å². The Balaban J connectivity index is 1.85. The van der Waals surface area contributed by atoms with Crippen LogP contribution in [0.15, 0.2) is 30.3 Å². The van der Waals surface area contributed by atoms with Gasteiger partial charge in [-0.05, 0) is 24.9 Å². The predicted octanol–water partition coefficient (Wildman–Crippen LogP) is 1.30. The second-order valence-corrected chi connectivity index (χ2v) is 6.45. The highest BCUT2D eigenvalue weighted by atomic mass is 16.4. The summed E-state index contributed by atoms with van der Waals surface area (Å²) in [5, 5.41) is 21.5. The van der Waals surface area contributed by atoms with Crippen molar-refractivity contribution in [2.45, 2.75) is 37.9 Å². The number of hydrogen-bond acceptors (Lipinski definition) is 4. The number of carboxylic acids is 1. The molecule has 1 aliphatic carbocycles. The lowest BCUT2D eigenvalue weighted by atomic mass is 9.85. The fraction of sp³-hybridized carbons (Fsp3) is 0.556. The summed E-state index contributed by atoms with van der Waals surface area (Å²) in [5.41, 5.74) is 0.882. The molecule has 1 aliphatic rings. The third-order valence-corrected chi connectivity index (χ3v) is 4.85.